The number of rotatable bonds is 4. The van der Waals surface area contributed by atoms with Crippen molar-refractivity contribution >= 4 is 39.1 Å². The van der Waals surface area contributed by atoms with Gasteiger partial charge in [-0.2, -0.15) is 8.78 Å². The van der Waals surface area contributed by atoms with Gasteiger partial charge in [0, 0.05) is 5.02 Å². The molecule has 0 heterocycles. The molecule has 1 aromatic carbocycles. The molecule has 1 atom stereocenters. The van der Waals surface area contributed by atoms with Crippen molar-refractivity contribution in [3.05, 3.63) is 21.6 Å². The number of benzene rings is 1. The van der Waals surface area contributed by atoms with E-state index in [0.717, 1.165) is 0 Å². The summed E-state index contributed by atoms with van der Waals surface area (Å²) in [5.41, 5.74) is 5.39. The van der Waals surface area contributed by atoms with Gasteiger partial charge in [-0.15, -0.1) is 0 Å². The number of ether oxygens (including phenoxy) is 1. The predicted molar refractivity (Wildman–Crippen MR) is 68.1 cm³/mol. The Morgan fingerprint density at radius 2 is 2.17 bits per heavy atom. The predicted octanol–water partition coefficient (Wildman–Crippen LogP) is 2.99. The van der Waals surface area contributed by atoms with E-state index in [1.54, 1.807) is 0 Å². The molecule has 0 unspecified atom stereocenters. The number of anilines is 1. The summed E-state index contributed by atoms with van der Waals surface area (Å²) in [6.45, 7) is -1.56. The zero-order valence-corrected chi connectivity index (χ0v) is 11.6. The number of amides is 1. The molecule has 0 radical (unpaired) electrons. The molecule has 0 fully saturated rings. The van der Waals surface area contributed by atoms with Crippen molar-refractivity contribution in [3.63, 3.8) is 0 Å². The molecule has 100 valence electrons. The first-order chi connectivity index (χ1) is 8.31. The summed E-state index contributed by atoms with van der Waals surface area (Å²) in [5.74, 6) is -0.744. The van der Waals surface area contributed by atoms with E-state index in [0.29, 0.717) is 0 Å². The lowest BCUT2D eigenvalue weighted by Crippen LogP contribution is -2.32. The van der Waals surface area contributed by atoms with Gasteiger partial charge in [0.1, 0.15) is 0 Å². The fourth-order valence-electron chi connectivity index (χ4n) is 1.11. The van der Waals surface area contributed by atoms with Crippen molar-refractivity contribution in [3.8, 4) is 5.75 Å². The molecule has 1 aromatic rings. The van der Waals surface area contributed by atoms with Crippen molar-refractivity contribution in [2.45, 2.75) is 19.6 Å². The molecule has 18 heavy (non-hydrogen) atoms. The van der Waals surface area contributed by atoms with Gasteiger partial charge in [0.25, 0.3) is 0 Å². The highest BCUT2D eigenvalue weighted by Crippen LogP contribution is 2.37. The third-order valence-electron chi connectivity index (χ3n) is 1.89. The number of nitrogens with one attached hydrogen (secondary N) is 1. The fourth-order valence-corrected chi connectivity index (χ4v) is 2.01. The molecule has 0 aliphatic heterocycles. The van der Waals surface area contributed by atoms with Crippen LogP contribution in [-0.2, 0) is 4.79 Å². The van der Waals surface area contributed by atoms with Gasteiger partial charge < -0.3 is 15.8 Å². The Kier molecular flexibility index (Phi) is 5.30. The molecule has 0 aliphatic carbocycles. The van der Waals surface area contributed by atoms with Crippen LogP contribution in [0.2, 0.25) is 5.02 Å². The maximum absolute atomic E-state index is 12.3. The van der Waals surface area contributed by atoms with Gasteiger partial charge in [0.2, 0.25) is 5.91 Å². The van der Waals surface area contributed by atoms with Crippen molar-refractivity contribution in [1.29, 1.82) is 0 Å². The molecule has 0 bridgehead atoms. The summed E-state index contributed by atoms with van der Waals surface area (Å²) < 4.78 is 29.0. The standard InChI is InChI=1S/C10H10BrClF2N2O2/c1-4(15)9(17)16-7-3-5(12)2-6(11)8(7)18-10(13)14/h2-4,10H,15H2,1H3,(H,16,17)/t4-/m0/s1. The van der Waals surface area contributed by atoms with Crippen LogP contribution in [-0.4, -0.2) is 18.6 Å². The van der Waals surface area contributed by atoms with Crippen molar-refractivity contribution in [1.82, 2.24) is 0 Å². The van der Waals surface area contributed by atoms with Gasteiger partial charge in [0.05, 0.1) is 16.2 Å². The van der Waals surface area contributed by atoms with Gasteiger partial charge in [-0.05, 0) is 35.0 Å². The van der Waals surface area contributed by atoms with Gasteiger partial charge >= 0.3 is 6.61 Å². The molecule has 0 spiro atoms. The molecule has 0 aliphatic rings. The average Bonchev–Trinajstić information content (AvgIpc) is 2.22. The molecule has 4 nitrogen and oxygen atoms in total. The highest BCUT2D eigenvalue weighted by atomic mass is 79.9. The van der Waals surface area contributed by atoms with Crippen LogP contribution in [0.15, 0.2) is 16.6 Å². The van der Waals surface area contributed by atoms with E-state index >= 15 is 0 Å². The minimum atomic E-state index is -3.02. The van der Waals surface area contributed by atoms with Crippen molar-refractivity contribution in [2.24, 2.45) is 5.73 Å². The molecule has 0 saturated carbocycles. The van der Waals surface area contributed by atoms with Crippen LogP contribution < -0.4 is 15.8 Å². The Labute approximate surface area is 116 Å². The summed E-state index contributed by atoms with van der Waals surface area (Å²) in [5, 5.41) is 2.61. The van der Waals surface area contributed by atoms with E-state index < -0.39 is 18.6 Å². The van der Waals surface area contributed by atoms with E-state index in [1.807, 2.05) is 0 Å². The number of hydrogen-bond acceptors (Lipinski definition) is 3. The topological polar surface area (TPSA) is 64.4 Å². The van der Waals surface area contributed by atoms with Gasteiger partial charge in [-0.25, -0.2) is 0 Å². The number of carbonyl (C=O) groups is 1. The van der Waals surface area contributed by atoms with Gasteiger partial charge in [0.15, 0.2) is 5.75 Å². The third kappa shape index (κ3) is 4.08. The molecular formula is C10H10BrClF2N2O2. The monoisotopic (exact) mass is 342 g/mol. The molecule has 0 aromatic heterocycles. The Morgan fingerprint density at radius 3 is 2.67 bits per heavy atom. The second-order valence-electron chi connectivity index (χ2n) is 3.42. The number of carbonyl (C=O) groups excluding carboxylic acids is 1. The Hall–Kier alpha value is -0.920. The minimum Gasteiger partial charge on any atom is -0.431 e. The van der Waals surface area contributed by atoms with Crippen LogP contribution in [0.3, 0.4) is 0 Å². The lowest BCUT2D eigenvalue weighted by molar-refractivity contribution is -0.117. The van der Waals surface area contributed by atoms with E-state index in [-0.39, 0.29) is 20.9 Å². The average molecular weight is 344 g/mol. The van der Waals surface area contributed by atoms with Crippen LogP contribution in [0.5, 0.6) is 5.75 Å². The second kappa shape index (κ2) is 6.31. The lowest BCUT2D eigenvalue weighted by Gasteiger charge is -2.15. The highest BCUT2D eigenvalue weighted by Gasteiger charge is 2.17. The van der Waals surface area contributed by atoms with E-state index in [9.17, 15) is 13.6 Å². The molecule has 1 amide bonds. The van der Waals surface area contributed by atoms with Crippen LogP contribution in [0.4, 0.5) is 14.5 Å². The normalized spacial score (nSPS) is 12.4. The summed E-state index contributed by atoms with van der Waals surface area (Å²) in [6.07, 6.45) is 0. The van der Waals surface area contributed by atoms with Gasteiger partial charge in [-0.3, -0.25) is 4.79 Å². The molecule has 1 rings (SSSR count). The quantitative estimate of drug-likeness (QED) is 0.883. The van der Waals surface area contributed by atoms with Gasteiger partial charge in [-0.1, -0.05) is 11.6 Å². The summed E-state index contributed by atoms with van der Waals surface area (Å²) in [4.78, 5) is 11.4. The molecule has 3 N–H and O–H groups in total. The largest absolute Gasteiger partial charge is 0.431 e. The Morgan fingerprint density at radius 1 is 1.56 bits per heavy atom. The minimum absolute atomic E-state index is 0.0250. The summed E-state index contributed by atoms with van der Waals surface area (Å²) >= 11 is 8.79. The van der Waals surface area contributed by atoms with Crippen LogP contribution in [0.1, 0.15) is 6.92 Å². The first-order valence-corrected chi connectivity index (χ1v) is 5.98. The molecule has 8 heteroatoms. The zero-order valence-electron chi connectivity index (χ0n) is 9.22. The fraction of sp³-hybridized carbons (Fsp3) is 0.300. The smallest absolute Gasteiger partial charge is 0.387 e. The Bertz CT molecular complexity index is 458. The van der Waals surface area contributed by atoms with E-state index in [1.165, 1.54) is 19.1 Å². The number of hydrogen-bond donors (Lipinski definition) is 2. The molecule has 0 saturated heterocycles. The lowest BCUT2D eigenvalue weighted by atomic mass is 10.2. The second-order valence-corrected chi connectivity index (χ2v) is 4.71. The maximum Gasteiger partial charge on any atom is 0.387 e. The highest BCUT2D eigenvalue weighted by molar-refractivity contribution is 9.10. The first kappa shape index (κ1) is 15.1. The number of nitrogens with two attached hydrogens (primary N) is 1. The summed E-state index contributed by atoms with van der Waals surface area (Å²) in [7, 11) is 0. The number of alkyl halides is 2. The number of halogens is 4. The zero-order chi connectivity index (χ0) is 13.9. The maximum atomic E-state index is 12.3. The van der Waals surface area contributed by atoms with Crippen molar-refractivity contribution in [2.75, 3.05) is 5.32 Å². The first-order valence-electron chi connectivity index (χ1n) is 4.81. The van der Waals surface area contributed by atoms with E-state index in [2.05, 4.69) is 26.0 Å². The van der Waals surface area contributed by atoms with Crippen molar-refractivity contribution < 1.29 is 18.3 Å². The van der Waals surface area contributed by atoms with Crippen LogP contribution >= 0.6 is 27.5 Å². The molecular weight excluding hydrogens is 333 g/mol. The van der Waals surface area contributed by atoms with Crippen LogP contribution in [0.25, 0.3) is 0 Å². The SMILES string of the molecule is C[C@H](N)C(=O)Nc1cc(Cl)cc(Br)c1OC(F)F. The Balaban J connectivity index is 3.11. The third-order valence-corrected chi connectivity index (χ3v) is 2.69. The van der Waals surface area contributed by atoms with Crippen LogP contribution in [0, 0.1) is 0 Å². The summed E-state index contributed by atoms with van der Waals surface area (Å²) in [6, 6.07) is 1.88. The van der Waals surface area contributed by atoms with E-state index in [4.69, 9.17) is 17.3 Å².